The Bertz CT molecular complexity index is 1230. The van der Waals surface area contributed by atoms with Gasteiger partial charge in [0.15, 0.2) is 6.61 Å². The Hall–Kier alpha value is -4.40. The number of carbonyl (C=O) groups is 3. The van der Waals surface area contributed by atoms with Crippen LogP contribution in [-0.2, 0) is 20.9 Å². The van der Waals surface area contributed by atoms with Gasteiger partial charge in [0.1, 0.15) is 5.75 Å². The van der Waals surface area contributed by atoms with Gasteiger partial charge in [0.2, 0.25) is 0 Å². The molecule has 0 atom stereocenters. The van der Waals surface area contributed by atoms with E-state index in [1.807, 2.05) is 25.5 Å². The summed E-state index contributed by atoms with van der Waals surface area (Å²) >= 11 is 0. The van der Waals surface area contributed by atoms with E-state index < -0.39 is 24.5 Å². The Balaban J connectivity index is 1.49. The Morgan fingerprint density at radius 3 is 2.34 bits per heavy atom. The lowest BCUT2D eigenvalue weighted by Crippen LogP contribution is -2.37. The molecule has 0 unspecified atom stereocenters. The third-order valence-electron chi connectivity index (χ3n) is 5.22. The molecule has 2 aromatic carbocycles. The van der Waals surface area contributed by atoms with Gasteiger partial charge in [-0.2, -0.15) is 5.10 Å². The van der Waals surface area contributed by atoms with E-state index in [0.29, 0.717) is 18.0 Å². The van der Waals surface area contributed by atoms with Crippen LogP contribution < -0.4 is 15.4 Å². The Labute approximate surface area is 203 Å². The van der Waals surface area contributed by atoms with E-state index in [-0.39, 0.29) is 0 Å². The van der Waals surface area contributed by atoms with Gasteiger partial charge in [0.05, 0.1) is 19.3 Å². The molecule has 1 aromatic heterocycles. The number of nitrogens with zero attached hydrogens (tertiary/aromatic N) is 2. The van der Waals surface area contributed by atoms with Gasteiger partial charge in [-0.25, -0.2) is 9.59 Å². The number of imide groups is 1. The molecule has 2 N–H and O–H groups in total. The van der Waals surface area contributed by atoms with Crippen LogP contribution in [0.25, 0.3) is 6.08 Å². The summed E-state index contributed by atoms with van der Waals surface area (Å²) in [4.78, 5) is 35.9. The highest BCUT2D eigenvalue weighted by Crippen LogP contribution is 2.17. The fraction of sp³-hybridized carbons (Fsp3) is 0.231. The minimum Gasteiger partial charge on any atom is -0.497 e. The van der Waals surface area contributed by atoms with Crippen molar-refractivity contribution in [3.05, 3.63) is 82.7 Å². The van der Waals surface area contributed by atoms with Crippen LogP contribution in [-0.4, -0.2) is 41.4 Å². The lowest BCUT2D eigenvalue weighted by molar-refractivity contribution is -0.143. The van der Waals surface area contributed by atoms with Crippen LogP contribution >= 0.6 is 0 Å². The number of hydrogen-bond acceptors (Lipinski definition) is 6. The Morgan fingerprint density at radius 2 is 1.69 bits per heavy atom. The average Bonchev–Trinajstić information content (AvgIpc) is 3.10. The van der Waals surface area contributed by atoms with Crippen LogP contribution in [0.4, 0.5) is 10.5 Å². The number of urea groups is 1. The maximum atomic E-state index is 12.1. The summed E-state index contributed by atoms with van der Waals surface area (Å²) in [5, 5.41) is 9.16. The van der Waals surface area contributed by atoms with Crippen molar-refractivity contribution in [3.63, 3.8) is 0 Å². The number of rotatable bonds is 8. The van der Waals surface area contributed by atoms with Crippen molar-refractivity contribution < 1.29 is 23.9 Å². The van der Waals surface area contributed by atoms with Crippen LogP contribution in [0.5, 0.6) is 5.75 Å². The third-order valence-corrected chi connectivity index (χ3v) is 5.22. The van der Waals surface area contributed by atoms with Gasteiger partial charge < -0.3 is 14.8 Å². The summed E-state index contributed by atoms with van der Waals surface area (Å²) in [5.41, 5.74) is 5.27. The minimum absolute atomic E-state index is 0.477. The quantitative estimate of drug-likeness (QED) is 0.378. The van der Waals surface area contributed by atoms with Crippen molar-refractivity contribution in [3.8, 4) is 5.75 Å². The molecule has 9 nitrogen and oxygen atoms in total. The smallest absolute Gasteiger partial charge is 0.331 e. The van der Waals surface area contributed by atoms with Gasteiger partial charge in [0.25, 0.3) is 5.91 Å². The summed E-state index contributed by atoms with van der Waals surface area (Å²) in [5.74, 6) is -0.826. The van der Waals surface area contributed by atoms with E-state index in [1.54, 1.807) is 30.3 Å². The second-order valence-electron chi connectivity index (χ2n) is 7.90. The highest BCUT2D eigenvalue weighted by molar-refractivity contribution is 6.02. The van der Waals surface area contributed by atoms with E-state index in [2.05, 4.69) is 40.0 Å². The van der Waals surface area contributed by atoms with E-state index in [0.717, 1.165) is 22.5 Å². The molecule has 9 heteroatoms. The summed E-state index contributed by atoms with van der Waals surface area (Å²) in [7, 11) is 1.53. The molecule has 3 amide bonds. The predicted molar refractivity (Wildman–Crippen MR) is 132 cm³/mol. The van der Waals surface area contributed by atoms with Crippen molar-refractivity contribution in [2.75, 3.05) is 19.0 Å². The van der Waals surface area contributed by atoms with Gasteiger partial charge in [0, 0.05) is 23.0 Å². The molecule has 3 rings (SSSR count). The first-order valence-corrected chi connectivity index (χ1v) is 10.9. The summed E-state index contributed by atoms with van der Waals surface area (Å²) in [6.45, 7) is 5.84. The maximum absolute atomic E-state index is 12.1. The molecule has 0 radical (unpaired) electrons. The molecule has 0 saturated heterocycles. The lowest BCUT2D eigenvalue weighted by Gasteiger charge is -2.07. The number of anilines is 1. The summed E-state index contributed by atoms with van der Waals surface area (Å²) < 4.78 is 11.9. The zero-order valence-corrected chi connectivity index (χ0v) is 20.1. The van der Waals surface area contributed by atoms with Crippen molar-refractivity contribution in [2.45, 2.75) is 27.3 Å². The first kappa shape index (κ1) is 25.2. The van der Waals surface area contributed by atoms with E-state index in [9.17, 15) is 14.4 Å². The third kappa shape index (κ3) is 7.29. The number of carbonyl (C=O) groups excluding carboxylic acids is 3. The number of nitrogens with one attached hydrogen (secondary N) is 2. The van der Waals surface area contributed by atoms with Crippen LogP contribution in [0.15, 0.2) is 54.6 Å². The number of benzene rings is 2. The van der Waals surface area contributed by atoms with E-state index in [4.69, 9.17) is 9.47 Å². The molecular formula is C26H28N4O5. The monoisotopic (exact) mass is 476 g/mol. The molecule has 1 heterocycles. The number of hydrogen-bond donors (Lipinski definition) is 2. The van der Waals surface area contributed by atoms with Crippen molar-refractivity contribution in [2.24, 2.45) is 0 Å². The van der Waals surface area contributed by atoms with Crippen molar-refractivity contribution >= 4 is 29.7 Å². The maximum Gasteiger partial charge on any atom is 0.331 e. The Kier molecular flexibility index (Phi) is 8.39. The molecule has 0 aliphatic rings. The molecule has 0 spiro atoms. The van der Waals surface area contributed by atoms with E-state index >= 15 is 0 Å². The van der Waals surface area contributed by atoms with Crippen LogP contribution in [0.1, 0.15) is 28.1 Å². The van der Waals surface area contributed by atoms with Crippen molar-refractivity contribution in [1.82, 2.24) is 15.1 Å². The zero-order chi connectivity index (χ0) is 25.4. The largest absolute Gasteiger partial charge is 0.497 e. The molecule has 0 bridgehead atoms. The van der Waals surface area contributed by atoms with Gasteiger partial charge >= 0.3 is 12.0 Å². The number of esters is 1. The fourth-order valence-corrected chi connectivity index (χ4v) is 3.31. The van der Waals surface area contributed by atoms with Crippen LogP contribution in [0, 0.1) is 20.8 Å². The molecule has 0 saturated carbocycles. The normalized spacial score (nSPS) is 10.7. The second-order valence-corrected chi connectivity index (χ2v) is 7.90. The van der Waals surface area contributed by atoms with Gasteiger partial charge in [-0.05, 0) is 56.7 Å². The molecule has 0 aliphatic heterocycles. The molecule has 182 valence electrons. The molecule has 0 fully saturated rings. The first-order valence-electron chi connectivity index (χ1n) is 10.9. The molecular weight excluding hydrogens is 448 g/mol. The molecule has 0 aliphatic carbocycles. The predicted octanol–water partition coefficient (Wildman–Crippen LogP) is 3.77. The van der Waals surface area contributed by atoms with Gasteiger partial charge in [-0.3, -0.25) is 14.8 Å². The van der Waals surface area contributed by atoms with Crippen molar-refractivity contribution in [1.29, 1.82) is 0 Å². The number of amides is 3. The topological polar surface area (TPSA) is 112 Å². The number of aryl methyl sites for hydroxylation is 2. The van der Waals surface area contributed by atoms with Gasteiger partial charge in [-0.15, -0.1) is 0 Å². The highest BCUT2D eigenvalue weighted by Gasteiger charge is 2.12. The van der Waals surface area contributed by atoms with Gasteiger partial charge in [-0.1, -0.05) is 29.8 Å². The first-order chi connectivity index (χ1) is 16.7. The van der Waals surface area contributed by atoms with E-state index in [1.165, 1.54) is 18.7 Å². The minimum atomic E-state index is -0.754. The van der Waals surface area contributed by atoms with Crippen LogP contribution in [0.3, 0.4) is 0 Å². The molecule has 35 heavy (non-hydrogen) atoms. The summed E-state index contributed by atoms with van der Waals surface area (Å²) in [6, 6.07) is 14.1. The zero-order valence-electron chi connectivity index (χ0n) is 20.1. The number of methoxy groups -OCH3 is 1. The standard InChI is InChI=1S/C26H28N4O5/c1-17-5-7-20(8-6-17)15-30-19(3)23(18(2)29-30)13-14-25(32)35-16-24(31)28-26(33)27-21-9-11-22(34-4)12-10-21/h5-14H,15-16H2,1-4H3,(H2,27,28,31,33)/b14-13+. The number of aromatic nitrogens is 2. The SMILES string of the molecule is COc1ccc(NC(=O)NC(=O)COC(=O)/C=C/c2c(C)nn(Cc3ccc(C)cc3)c2C)cc1. The Morgan fingerprint density at radius 1 is 1.00 bits per heavy atom. The average molecular weight is 477 g/mol. The number of ether oxygens (including phenoxy) is 2. The fourth-order valence-electron chi connectivity index (χ4n) is 3.31. The second kappa shape index (κ2) is 11.6. The lowest BCUT2D eigenvalue weighted by atomic mass is 10.1. The highest BCUT2D eigenvalue weighted by atomic mass is 16.5. The molecule has 3 aromatic rings. The van der Waals surface area contributed by atoms with Crippen LogP contribution in [0.2, 0.25) is 0 Å². The summed E-state index contributed by atoms with van der Waals surface area (Å²) in [6.07, 6.45) is 2.85.